The number of aromatic nitrogens is 1. The molecule has 0 saturated carbocycles. The van der Waals surface area contributed by atoms with E-state index in [1.54, 1.807) is 6.92 Å². The fourth-order valence-corrected chi connectivity index (χ4v) is 3.35. The SMILES string of the molecule is CCOC(=O)c1nc(CC)sc1NC(=O)C1Cc2ccccc2O1. The number of nitrogens with one attached hydrogen (secondary N) is 1. The number of carbonyl (C=O) groups excluding carboxylic acids is 2. The van der Waals surface area contributed by atoms with Gasteiger partial charge in [0.1, 0.15) is 10.8 Å². The van der Waals surface area contributed by atoms with Crippen LogP contribution in [0.2, 0.25) is 0 Å². The van der Waals surface area contributed by atoms with Crippen LogP contribution in [-0.4, -0.2) is 29.6 Å². The first kappa shape index (κ1) is 16.4. The van der Waals surface area contributed by atoms with Crippen molar-refractivity contribution >= 4 is 28.2 Å². The van der Waals surface area contributed by atoms with Gasteiger partial charge in [-0.25, -0.2) is 9.78 Å². The van der Waals surface area contributed by atoms with E-state index in [1.807, 2.05) is 31.2 Å². The minimum absolute atomic E-state index is 0.155. The molecule has 0 aliphatic carbocycles. The summed E-state index contributed by atoms with van der Waals surface area (Å²) in [5.74, 6) is -0.0933. The maximum atomic E-state index is 12.5. The lowest BCUT2D eigenvalue weighted by molar-refractivity contribution is -0.122. The second-order valence-corrected chi connectivity index (χ2v) is 6.35. The average molecular weight is 346 g/mol. The van der Waals surface area contributed by atoms with E-state index in [-0.39, 0.29) is 18.2 Å². The molecule has 2 heterocycles. The number of hydrogen-bond donors (Lipinski definition) is 1. The van der Waals surface area contributed by atoms with Crippen molar-refractivity contribution < 1.29 is 19.1 Å². The number of benzene rings is 1. The van der Waals surface area contributed by atoms with Gasteiger partial charge in [0, 0.05) is 6.42 Å². The molecule has 0 saturated heterocycles. The van der Waals surface area contributed by atoms with Gasteiger partial charge < -0.3 is 14.8 Å². The second kappa shape index (κ2) is 7.00. The summed E-state index contributed by atoms with van der Waals surface area (Å²) in [5.41, 5.74) is 1.16. The lowest BCUT2D eigenvalue weighted by Crippen LogP contribution is -2.31. The standard InChI is InChI=1S/C17H18N2O4S/c1-3-13-18-14(17(21)22-4-2)16(24-13)19-15(20)12-9-10-7-5-6-8-11(10)23-12/h5-8,12H,3-4,9H2,1-2H3,(H,19,20). The van der Waals surface area contributed by atoms with Crippen LogP contribution < -0.4 is 10.1 Å². The van der Waals surface area contributed by atoms with Crippen LogP contribution in [0.4, 0.5) is 5.00 Å². The number of aryl methyl sites for hydroxylation is 1. The Morgan fingerprint density at radius 1 is 1.38 bits per heavy atom. The maximum Gasteiger partial charge on any atom is 0.360 e. The highest BCUT2D eigenvalue weighted by Gasteiger charge is 2.30. The third kappa shape index (κ3) is 3.26. The van der Waals surface area contributed by atoms with Gasteiger partial charge >= 0.3 is 5.97 Å². The van der Waals surface area contributed by atoms with Gasteiger partial charge in [-0.05, 0) is 25.0 Å². The Kier molecular flexibility index (Phi) is 4.80. The minimum atomic E-state index is -0.607. The molecule has 1 aliphatic heterocycles. The molecule has 1 aromatic heterocycles. The number of esters is 1. The summed E-state index contributed by atoms with van der Waals surface area (Å²) in [4.78, 5) is 28.8. The Morgan fingerprint density at radius 2 is 2.17 bits per heavy atom. The summed E-state index contributed by atoms with van der Waals surface area (Å²) in [7, 11) is 0. The van der Waals surface area contributed by atoms with Crippen LogP contribution >= 0.6 is 11.3 Å². The molecule has 2 aromatic rings. The van der Waals surface area contributed by atoms with Crippen LogP contribution in [0.1, 0.15) is 34.9 Å². The second-order valence-electron chi connectivity index (χ2n) is 5.27. The molecule has 1 N–H and O–H groups in total. The van der Waals surface area contributed by atoms with Gasteiger partial charge in [-0.15, -0.1) is 11.3 Å². The molecule has 6 nitrogen and oxygen atoms in total. The minimum Gasteiger partial charge on any atom is -0.480 e. The Bertz CT molecular complexity index is 747. The van der Waals surface area contributed by atoms with E-state index < -0.39 is 12.1 Å². The molecule has 0 radical (unpaired) electrons. The molecule has 3 rings (SSSR count). The fourth-order valence-electron chi connectivity index (χ4n) is 2.46. The number of rotatable bonds is 5. The van der Waals surface area contributed by atoms with Gasteiger partial charge in [0.25, 0.3) is 5.91 Å². The van der Waals surface area contributed by atoms with Gasteiger partial charge in [-0.2, -0.15) is 0 Å². The van der Waals surface area contributed by atoms with E-state index in [0.29, 0.717) is 17.8 Å². The Balaban J connectivity index is 1.75. The van der Waals surface area contributed by atoms with Gasteiger partial charge in [-0.1, -0.05) is 25.1 Å². The first-order valence-corrected chi connectivity index (χ1v) is 8.66. The van der Waals surface area contributed by atoms with Crippen molar-refractivity contribution in [1.82, 2.24) is 4.98 Å². The molecule has 24 heavy (non-hydrogen) atoms. The molecular weight excluding hydrogens is 328 g/mol. The number of amides is 1. The fraction of sp³-hybridized carbons (Fsp3) is 0.353. The highest BCUT2D eigenvalue weighted by Crippen LogP contribution is 2.30. The zero-order chi connectivity index (χ0) is 17.1. The maximum absolute atomic E-state index is 12.5. The third-order valence-electron chi connectivity index (χ3n) is 3.62. The van der Waals surface area contributed by atoms with E-state index in [0.717, 1.165) is 16.3 Å². The largest absolute Gasteiger partial charge is 0.480 e. The van der Waals surface area contributed by atoms with E-state index in [4.69, 9.17) is 9.47 Å². The number of carbonyl (C=O) groups is 2. The average Bonchev–Trinajstić information content (AvgIpc) is 3.18. The molecule has 0 spiro atoms. The number of fused-ring (bicyclic) bond motifs is 1. The van der Waals surface area contributed by atoms with Crippen LogP contribution in [-0.2, 0) is 22.4 Å². The molecule has 0 bridgehead atoms. The van der Waals surface area contributed by atoms with Crippen molar-refractivity contribution in [3.8, 4) is 5.75 Å². The van der Waals surface area contributed by atoms with Crippen molar-refractivity contribution in [3.05, 3.63) is 40.5 Å². The van der Waals surface area contributed by atoms with E-state index in [2.05, 4.69) is 10.3 Å². The quantitative estimate of drug-likeness (QED) is 0.843. The molecule has 1 amide bonds. The van der Waals surface area contributed by atoms with Gasteiger partial charge in [-0.3, -0.25) is 4.79 Å². The monoisotopic (exact) mass is 346 g/mol. The van der Waals surface area contributed by atoms with Crippen molar-refractivity contribution in [2.45, 2.75) is 32.8 Å². The van der Waals surface area contributed by atoms with Crippen molar-refractivity contribution in [2.75, 3.05) is 11.9 Å². The first-order chi connectivity index (χ1) is 11.6. The van der Waals surface area contributed by atoms with Crippen LogP contribution in [0.5, 0.6) is 5.75 Å². The molecule has 0 fully saturated rings. The van der Waals surface area contributed by atoms with Crippen LogP contribution in [0.3, 0.4) is 0 Å². The van der Waals surface area contributed by atoms with Gasteiger partial charge in [0.05, 0.1) is 11.6 Å². The summed E-state index contributed by atoms with van der Waals surface area (Å²) in [6.07, 6.45) is 0.582. The number of para-hydroxylation sites is 1. The lowest BCUT2D eigenvalue weighted by atomic mass is 10.1. The van der Waals surface area contributed by atoms with E-state index in [1.165, 1.54) is 11.3 Å². The Labute approximate surface area is 143 Å². The molecular formula is C17H18N2O4S. The summed E-state index contributed by atoms with van der Waals surface area (Å²) < 4.78 is 10.7. The zero-order valence-electron chi connectivity index (χ0n) is 13.5. The summed E-state index contributed by atoms with van der Waals surface area (Å²) >= 11 is 1.29. The molecule has 7 heteroatoms. The first-order valence-electron chi connectivity index (χ1n) is 7.84. The molecule has 1 aliphatic rings. The number of ether oxygens (including phenoxy) is 2. The summed E-state index contributed by atoms with van der Waals surface area (Å²) in [6, 6.07) is 7.57. The van der Waals surface area contributed by atoms with E-state index >= 15 is 0 Å². The molecule has 1 atom stereocenters. The van der Waals surface area contributed by atoms with Crippen LogP contribution in [0.25, 0.3) is 0 Å². The van der Waals surface area contributed by atoms with Crippen LogP contribution in [0, 0.1) is 0 Å². The Morgan fingerprint density at radius 3 is 2.88 bits per heavy atom. The van der Waals surface area contributed by atoms with Crippen molar-refractivity contribution in [3.63, 3.8) is 0 Å². The number of thiazole rings is 1. The highest BCUT2D eigenvalue weighted by atomic mass is 32.1. The van der Waals surface area contributed by atoms with Gasteiger partial charge in [0.15, 0.2) is 11.8 Å². The van der Waals surface area contributed by atoms with Crippen molar-refractivity contribution in [2.24, 2.45) is 0 Å². The molecule has 1 unspecified atom stereocenters. The Hall–Kier alpha value is -2.41. The third-order valence-corrected chi connectivity index (χ3v) is 4.73. The van der Waals surface area contributed by atoms with Crippen molar-refractivity contribution in [1.29, 1.82) is 0 Å². The predicted molar refractivity (Wildman–Crippen MR) is 90.6 cm³/mol. The zero-order valence-corrected chi connectivity index (χ0v) is 14.3. The van der Waals surface area contributed by atoms with Crippen LogP contribution in [0.15, 0.2) is 24.3 Å². The molecule has 126 valence electrons. The number of anilines is 1. The smallest absolute Gasteiger partial charge is 0.360 e. The summed E-state index contributed by atoms with van der Waals surface area (Å²) in [6.45, 7) is 3.93. The number of nitrogens with zero attached hydrogens (tertiary/aromatic N) is 1. The topological polar surface area (TPSA) is 77.5 Å². The summed E-state index contributed by atoms with van der Waals surface area (Å²) in [5, 5.41) is 3.95. The number of hydrogen-bond acceptors (Lipinski definition) is 6. The highest BCUT2D eigenvalue weighted by molar-refractivity contribution is 7.16. The lowest BCUT2D eigenvalue weighted by Gasteiger charge is -2.10. The molecule has 1 aromatic carbocycles. The van der Waals surface area contributed by atoms with Gasteiger partial charge in [0.2, 0.25) is 0 Å². The van der Waals surface area contributed by atoms with E-state index in [9.17, 15) is 9.59 Å². The normalized spacial score (nSPS) is 15.5. The predicted octanol–water partition coefficient (Wildman–Crippen LogP) is 2.82.